The van der Waals surface area contributed by atoms with Crippen LogP contribution in [-0.4, -0.2) is 58.3 Å². The largest absolute Gasteiger partial charge is 0.493 e. The van der Waals surface area contributed by atoms with Gasteiger partial charge >= 0.3 is 5.97 Å². The summed E-state index contributed by atoms with van der Waals surface area (Å²) in [6.45, 7) is 0.390. The monoisotopic (exact) mass is 456 g/mol. The zero-order chi connectivity index (χ0) is 23.6. The van der Waals surface area contributed by atoms with Crippen LogP contribution in [0.3, 0.4) is 0 Å². The molecule has 0 spiro atoms. The number of hydrogen-bond donors (Lipinski definition) is 1. The van der Waals surface area contributed by atoms with Crippen molar-refractivity contribution < 1.29 is 33.3 Å². The first kappa shape index (κ1) is 23.9. The molecule has 2 aromatic carbocycles. The average Bonchev–Trinajstić information content (AvgIpc) is 3.27. The number of benzene rings is 2. The topological polar surface area (TPSA) is 103 Å². The number of rotatable bonds is 11. The second kappa shape index (κ2) is 11.8. The summed E-state index contributed by atoms with van der Waals surface area (Å²) in [6.07, 6.45) is 2.00. The predicted molar refractivity (Wildman–Crippen MR) is 121 cm³/mol. The van der Waals surface area contributed by atoms with Gasteiger partial charge in [0.25, 0.3) is 5.91 Å². The Kier molecular flexibility index (Phi) is 8.51. The van der Waals surface area contributed by atoms with Crippen LogP contribution in [0.2, 0.25) is 0 Å². The Morgan fingerprint density at radius 2 is 1.76 bits per heavy atom. The fraction of sp³-hybridized carbons (Fsp3) is 0.375. The third-order valence-corrected chi connectivity index (χ3v) is 5.13. The van der Waals surface area contributed by atoms with E-state index in [4.69, 9.17) is 18.9 Å². The molecule has 1 heterocycles. The Morgan fingerprint density at radius 1 is 1.00 bits per heavy atom. The SMILES string of the molecule is COc1ccc(CCNC(=O)COC(=O)COc2ccc(N3CCCC3=O)cc2)cc1OC. The van der Waals surface area contributed by atoms with Crippen LogP contribution < -0.4 is 24.4 Å². The molecular weight excluding hydrogens is 428 g/mol. The van der Waals surface area contributed by atoms with Gasteiger partial charge in [-0.2, -0.15) is 0 Å². The summed E-state index contributed by atoms with van der Waals surface area (Å²) < 4.78 is 20.8. The van der Waals surface area contributed by atoms with Crippen LogP contribution in [0, 0.1) is 0 Å². The molecule has 0 bridgehead atoms. The number of amides is 2. The van der Waals surface area contributed by atoms with E-state index in [9.17, 15) is 14.4 Å². The molecule has 2 amide bonds. The number of carbonyl (C=O) groups is 3. The first-order valence-corrected chi connectivity index (χ1v) is 10.7. The zero-order valence-electron chi connectivity index (χ0n) is 18.8. The molecule has 176 valence electrons. The van der Waals surface area contributed by atoms with Crippen LogP contribution in [-0.2, 0) is 25.5 Å². The Morgan fingerprint density at radius 3 is 2.42 bits per heavy atom. The number of nitrogens with zero attached hydrogens (tertiary/aromatic N) is 1. The summed E-state index contributed by atoms with van der Waals surface area (Å²) in [5.41, 5.74) is 1.77. The minimum atomic E-state index is -0.649. The fourth-order valence-corrected chi connectivity index (χ4v) is 3.41. The van der Waals surface area contributed by atoms with Crippen LogP contribution in [0.15, 0.2) is 42.5 Å². The van der Waals surface area contributed by atoms with Gasteiger partial charge in [-0.05, 0) is 54.8 Å². The van der Waals surface area contributed by atoms with Crippen LogP contribution in [0.5, 0.6) is 17.2 Å². The summed E-state index contributed by atoms with van der Waals surface area (Å²) in [5, 5.41) is 2.70. The van der Waals surface area contributed by atoms with E-state index in [0.29, 0.717) is 43.2 Å². The molecule has 1 saturated heterocycles. The number of methoxy groups -OCH3 is 2. The highest BCUT2D eigenvalue weighted by atomic mass is 16.6. The van der Waals surface area contributed by atoms with Crippen molar-refractivity contribution in [3.8, 4) is 17.2 Å². The van der Waals surface area contributed by atoms with Crippen molar-refractivity contribution in [2.75, 3.05) is 45.4 Å². The van der Waals surface area contributed by atoms with E-state index in [0.717, 1.165) is 17.7 Å². The lowest BCUT2D eigenvalue weighted by atomic mass is 10.1. The van der Waals surface area contributed by atoms with Gasteiger partial charge in [0.15, 0.2) is 24.7 Å². The smallest absolute Gasteiger partial charge is 0.344 e. The van der Waals surface area contributed by atoms with Crippen molar-refractivity contribution in [2.24, 2.45) is 0 Å². The molecule has 0 aliphatic carbocycles. The van der Waals surface area contributed by atoms with Gasteiger partial charge < -0.3 is 29.2 Å². The molecule has 33 heavy (non-hydrogen) atoms. The van der Waals surface area contributed by atoms with Gasteiger partial charge in [0.05, 0.1) is 14.2 Å². The Bertz CT molecular complexity index is 975. The second-order valence-corrected chi connectivity index (χ2v) is 7.38. The number of nitrogens with one attached hydrogen (secondary N) is 1. The molecule has 1 fully saturated rings. The normalized spacial score (nSPS) is 12.9. The Hall–Kier alpha value is -3.75. The van der Waals surface area contributed by atoms with Crippen LogP contribution >= 0.6 is 0 Å². The maximum atomic E-state index is 11.9. The molecule has 0 radical (unpaired) electrons. The van der Waals surface area contributed by atoms with E-state index in [1.54, 1.807) is 49.5 Å². The molecule has 2 aromatic rings. The minimum Gasteiger partial charge on any atom is -0.493 e. The van der Waals surface area contributed by atoms with E-state index in [2.05, 4.69) is 5.32 Å². The van der Waals surface area contributed by atoms with Gasteiger partial charge in [-0.3, -0.25) is 9.59 Å². The summed E-state index contributed by atoms with van der Waals surface area (Å²) in [6, 6.07) is 12.5. The number of carbonyl (C=O) groups excluding carboxylic acids is 3. The first-order chi connectivity index (χ1) is 16.0. The molecule has 3 rings (SSSR count). The summed E-state index contributed by atoms with van der Waals surface area (Å²) in [5.74, 6) is 0.787. The molecular formula is C24H28N2O7. The van der Waals surface area contributed by atoms with E-state index in [-0.39, 0.29) is 19.1 Å². The molecule has 9 heteroatoms. The highest BCUT2D eigenvalue weighted by Crippen LogP contribution is 2.27. The van der Waals surface area contributed by atoms with E-state index < -0.39 is 11.9 Å². The zero-order valence-corrected chi connectivity index (χ0v) is 18.8. The van der Waals surface area contributed by atoms with Gasteiger partial charge in [0.2, 0.25) is 5.91 Å². The molecule has 0 atom stereocenters. The number of ether oxygens (including phenoxy) is 4. The number of hydrogen-bond acceptors (Lipinski definition) is 7. The highest BCUT2D eigenvalue weighted by molar-refractivity contribution is 5.95. The molecule has 1 aliphatic rings. The Balaban J connectivity index is 1.33. The first-order valence-electron chi connectivity index (χ1n) is 10.7. The maximum Gasteiger partial charge on any atom is 0.344 e. The summed E-state index contributed by atoms with van der Waals surface area (Å²) >= 11 is 0. The summed E-state index contributed by atoms with van der Waals surface area (Å²) in [4.78, 5) is 37.3. The lowest BCUT2D eigenvalue weighted by molar-refractivity contribution is -0.150. The lowest BCUT2D eigenvalue weighted by Gasteiger charge is -2.16. The molecule has 1 N–H and O–H groups in total. The standard InChI is InChI=1S/C24H28N2O7/c1-30-20-10-5-17(14-21(20)31-2)11-12-25-22(27)15-33-24(29)16-32-19-8-6-18(7-9-19)26-13-3-4-23(26)28/h5-10,14H,3-4,11-13,15-16H2,1-2H3,(H,25,27). The van der Waals surface area contributed by atoms with Crippen molar-refractivity contribution >= 4 is 23.5 Å². The van der Waals surface area contributed by atoms with Gasteiger partial charge in [-0.15, -0.1) is 0 Å². The molecule has 0 unspecified atom stereocenters. The predicted octanol–water partition coefficient (Wildman–Crippen LogP) is 2.11. The number of esters is 1. The van der Waals surface area contributed by atoms with Crippen LogP contribution in [0.4, 0.5) is 5.69 Å². The third kappa shape index (κ3) is 6.86. The number of anilines is 1. The van der Waals surface area contributed by atoms with E-state index in [1.807, 2.05) is 12.1 Å². The quantitative estimate of drug-likeness (QED) is 0.517. The molecule has 1 aliphatic heterocycles. The Labute approximate surface area is 192 Å². The summed E-state index contributed by atoms with van der Waals surface area (Å²) in [7, 11) is 3.13. The van der Waals surface area contributed by atoms with Crippen molar-refractivity contribution in [1.82, 2.24) is 5.32 Å². The van der Waals surface area contributed by atoms with Crippen molar-refractivity contribution in [3.05, 3.63) is 48.0 Å². The molecule has 0 aromatic heterocycles. The average molecular weight is 456 g/mol. The van der Waals surface area contributed by atoms with Gasteiger partial charge in [-0.25, -0.2) is 4.79 Å². The van der Waals surface area contributed by atoms with Crippen molar-refractivity contribution in [1.29, 1.82) is 0 Å². The maximum absolute atomic E-state index is 11.9. The van der Waals surface area contributed by atoms with Gasteiger partial charge in [-0.1, -0.05) is 6.07 Å². The van der Waals surface area contributed by atoms with Crippen molar-refractivity contribution in [2.45, 2.75) is 19.3 Å². The highest BCUT2D eigenvalue weighted by Gasteiger charge is 2.21. The van der Waals surface area contributed by atoms with Crippen molar-refractivity contribution in [3.63, 3.8) is 0 Å². The molecule has 9 nitrogen and oxygen atoms in total. The van der Waals surface area contributed by atoms with Crippen LogP contribution in [0.25, 0.3) is 0 Å². The van der Waals surface area contributed by atoms with Crippen LogP contribution in [0.1, 0.15) is 18.4 Å². The third-order valence-electron chi connectivity index (χ3n) is 5.13. The minimum absolute atomic E-state index is 0.106. The fourth-order valence-electron chi connectivity index (χ4n) is 3.41. The van der Waals surface area contributed by atoms with Gasteiger partial charge in [0, 0.05) is 25.2 Å². The van der Waals surface area contributed by atoms with E-state index >= 15 is 0 Å². The van der Waals surface area contributed by atoms with Gasteiger partial charge in [0.1, 0.15) is 5.75 Å². The van der Waals surface area contributed by atoms with E-state index in [1.165, 1.54) is 0 Å². The lowest BCUT2D eigenvalue weighted by Crippen LogP contribution is -2.31. The second-order valence-electron chi connectivity index (χ2n) is 7.38. The molecule has 0 saturated carbocycles.